The van der Waals surface area contributed by atoms with Gasteiger partial charge < -0.3 is 5.32 Å². The molecule has 0 aliphatic heterocycles. The first kappa shape index (κ1) is 13.7. The first-order valence-electron chi connectivity index (χ1n) is 5.26. The molecule has 0 radical (unpaired) electrons. The highest BCUT2D eigenvalue weighted by Gasteiger charge is 2.34. The van der Waals surface area contributed by atoms with Crippen molar-refractivity contribution in [2.24, 2.45) is 0 Å². The van der Waals surface area contributed by atoms with Crippen LogP contribution < -0.4 is 5.32 Å². The Labute approximate surface area is 110 Å². The summed E-state index contributed by atoms with van der Waals surface area (Å²) in [6.07, 6.45) is -4.70. The number of rotatable bonds is 3. The Morgan fingerprint density at radius 1 is 1.26 bits per heavy atom. The van der Waals surface area contributed by atoms with Gasteiger partial charge in [0, 0.05) is 6.54 Å². The van der Waals surface area contributed by atoms with Crippen LogP contribution in [0.25, 0.3) is 0 Å². The predicted octanol–water partition coefficient (Wildman–Crippen LogP) is 3.62. The average molecular weight is 291 g/mol. The van der Waals surface area contributed by atoms with Gasteiger partial charge in [-0.15, -0.1) is 10.2 Å². The van der Waals surface area contributed by atoms with Crippen LogP contribution in [-0.4, -0.2) is 10.2 Å². The van der Waals surface area contributed by atoms with Crippen LogP contribution in [0.5, 0.6) is 0 Å². The maximum Gasteiger partial charge on any atom is 0.419 e. The van der Waals surface area contributed by atoms with E-state index in [4.69, 9.17) is 0 Å². The normalized spacial score (nSPS) is 11.6. The average Bonchev–Trinajstić information content (AvgIpc) is 2.72. The number of halogens is 4. The van der Waals surface area contributed by atoms with Crippen molar-refractivity contribution in [1.82, 2.24) is 10.2 Å². The van der Waals surface area contributed by atoms with E-state index in [-0.39, 0.29) is 6.54 Å². The van der Waals surface area contributed by atoms with Gasteiger partial charge >= 0.3 is 6.18 Å². The van der Waals surface area contributed by atoms with Gasteiger partial charge in [0.05, 0.1) is 5.56 Å². The lowest BCUT2D eigenvalue weighted by molar-refractivity contribution is -0.140. The molecule has 0 fully saturated rings. The van der Waals surface area contributed by atoms with Crippen LogP contribution in [-0.2, 0) is 12.7 Å². The minimum Gasteiger partial charge on any atom is -0.356 e. The third-order valence-corrected chi connectivity index (χ3v) is 3.10. The quantitative estimate of drug-likeness (QED) is 0.878. The van der Waals surface area contributed by atoms with E-state index in [0.29, 0.717) is 10.7 Å². The van der Waals surface area contributed by atoms with Gasteiger partial charge in [-0.25, -0.2) is 4.39 Å². The lowest BCUT2D eigenvalue weighted by Crippen LogP contribution is -2.10. The summed E-state index contributed by atoms with van der Waals surface area (Å²) in [4.78, 5) is 0. The lowest BCUT2D eigenvalue weighted by atomic mass is 10.1. The second kappa shape index (κ2) is 5.12. The zero-order valence-corrected chi connectivity index (χ0v) is 10.6. The summed E-state index contributed by atoms with van der Waals surface area (Å²) >= 11 is 1.29. The number of hydrogen-bond donors (Lipinski definition) is 1. The van der Waals surface area contributed by atoms with Gasteiger partial charge in [-0.05, 0) is 24.6 Å². The van der Waals surface area contributed by atoms with Gasteiger partial charge in [-0.1, -0.05) is 17.4 Å². The molecule has 0 saturated carbocycles. The molecule has 3 nitrogen and oxygen atoms in total. The molecule has 1 aromatic heterocycles. The van der Waals surface area contributed by atoms with Gasteiger partial charge in [-0.3, -0.25) is 0 Å². The molecule has 0 amide bonds. The summed E-state index contributed by atoms with van der Waals surface area (Å²) in [7, 11) is 0. The second-order valence-electron chi connectivity index (χ2n) is 3.79. The van der Waals surface area contributed by atoms with Crippen molar-refractivity contribution < 1.29 is 17.6 Å². The standard InChI is InChI=1S/C11H9F4N3S/c1-6-17-18-10(19-6)16-5-7-2-3-9(12)8(4-7)11(13,14)15/h2-4H,5H2,1H3,(H,16,18). The van der Waals surface area contributed by atoms with Crippen molar-refractivity contribution in [1.29, 1.82) is 0 Å². The van der Waals surface area contributed by atoms with E-state index in [1.165, 1.54) is 17.4 Å². The maximum atomic E-state index is 13.1. The van der Waals surface area contributed by atoms with E-state index < -0.39 is 17.6 Å². The number of alkyl halides is 3. The van der Waals surface area contributed by atoms with Crippen LogP contribution in [0, 0.1) is 12.7 Å². The Morgan fingerprint density at radius 3 is 2.58 bits per heavy atom. The maximum absolute atomic E-state index is 13.1. The molecule has 102 valence electrons. The Morgan fingerprint density at radius 2 is 2.00 bits per heavy atom. The van der Waals surface area contributed by atoms with Gasteiger partial charge in [0.2, 0.25) is 5.13 Å². The zero-order chi connectivity index (χ0) is 14.0. The molecule has 2 aromatic rings. The molecular weight excluding hydrogens is 282 g/mol. The summed E-state index contributed by atoms with van der Waals surface area (Å²) in [6, 6.07) is 2.90. The summed E-state index contributed by atoms with van der Waals surface area (Å²) < 4.78 is 50.6. The minimum absolute atomic E-state index is 0.123. The molecule has 0 unspecified atom stereocenters. The molecule has 1 aromatic carbocycles. The van der Waals surface area contributed by atoms with Crippen molar-refractivity contribution in [3.05, 3.63) is 40.2 Å². The summed E-state index contributed by atoms with van der Waals surface area (Å²) in [6.45, 7) is 1.89. The van der Waals surface area contributed by atoms with Crippen LogP contribution in [0.1, 0.15) is 16.1 Å². The van der Waals surface area contributed by atoms with Gasteiger partial charge in [-0.2, -0.15) is 13.2 Å². The summed E-state index contributed by atoms with van der Waals surface area (Å²) in [5, 5.41) is 11.6. The number of nitrogens with one attached hydrogen (secondary N) is 1. The van der Waals surface area contributed by atoms with Gasteiger partial charge in [0.1, 0.15) is 10.8 Å². The molecular formula is C11H9F4N3S. The smallest absolute Gasteiger partial charge is 0.356 e. The van der Waals surface area contributed by atoms with Crippen LogP contribution in [0.15, 0.2) is 18.2 Å². The van der Waals surface area contributed by atoms with Crippen molar-refractivity contribution >= 4 is 16.5 Å². The largest absolute Gasteiger partial charge is 0.419 e. The van der Waals surface area contributed by atoms with E-state index in [9.17, 15) is 17.6 Å². The monoisotopic (exact) mass is 291 g/mol. The number of benzene rings is 1. The molecule has 1 N–H and O–H groups in total. The van der Waals surface area contributed by atoms with Crippen molar-refractivity contribution in [3.8, 4) is 0 Å². The molecule has 0 spiro atoms. The van der Waals surface area contributed by atoms with Crippen molar-refractivity contribution in [3.63, 3.8) is 0 Å². The van der Waals surface area contributed by atoms with Gasteiger partial charge in [0.25, 0.3) is 0 Å². The molecule has 0 saturated heterocycles. The second-order valence-corrected chi connectivity index (χ2v) is 4.97. The van der Waals surface area contributed by atoms with Crippen LogP contribution >= 0.6 is 11.3 Å². The van der Waals surface area contributed by atoms with Gasteiger partial charge in [0.15, 0.2) is 0 Å². The van der Waals surface area contributed by atoms with E-state index in [1.807, 2.05) is 0 Å². The summed E-state index contributed by atoms with van der Waals surface area (Å²) in [5.41, 5.74) is -0.943. The molecule has 0 atom stereocenters. The summed E-state index contributed by atoms with van der Waals surface area (Å²) in [5.74, 6) is -1.27. The van der Waals surface area contributed by atoms with Crippen molar-refractivity contribution in [2.45, 2.75) is 19.6 Å². The third-order valence-electron chi connectivity index (χ3n) is 2.31. The highest BCUT2D eigenvalue weighted by Crippen LogP contribution is 2.32. The lowest BCUT2D eigenvalue weighted by Gasteiger charge is -2.10. The predicted molar refractivity (Wildman–Crippen MR) is 63.4 cm³/mol. The molecule has 1 heterocycles. The van der Waals surface area contributed by atoms with E-state index in [2.05, 4.69) is 15.5 Å². The minimum atomic E-state index is -4.70. The number of aromatic nitrogens is 2. The Hall–Kier alpha value is -1.70. The fourth-order valence-electron chi connectivity index (χ4n) is 1.45. The fourth-order valence-corrected chi connectivity index (χ4v) is 2.03. The molecule has 0 aliphatic carbocycles. The Kier molecular flexibility index (Phi) is 3.70. The van der Waals surface area contributed by atoms with Crippen LogP contribution in [0.2, 0.25) is 0 Å². The SMILES string of the molecule is Cc1nnc(NCc2ccc(F)c(C(F)(F)F)c2)s1. The van der Waals surface area contributed by atoms with E-state index in [0.717, 1.165) is 17.1 Å². The van der Waals surface area contributed by atoms with E-state index in [1.54, 1.807) is 6.92 Å². The molecule has 19 heavy (non-hydrogen) atoms. The Balaban J connectivity index is 2.13. The topological polar surface area (TPSA) is 37.8 Å². The number of nitrogens with zero attached hydrogens (tertiary/aromatic N) is 2. The van der Waals surface area contributed by atoms with Crippen LogP contribution in [0.3, 0.4) is 0 Å². The van der Waals surface area contributed by atoms with Crippen molar-refractivity contribution in [2.75, 3.05) is 5.32 Å². The zero-order valence-electron chi connectivity index (χ0n) is 9.75. The molecule has 8 heteroatoms. The number of anilines is 1. The third kappa shape index (κ3) is 3.40. The highest BCUT2D eigenvalue weighted by molar-refractivity contribution is 7.15. The Bertz CT molecular complexity index is 580. The number of aryl methyl sites for hydroxylation is 1. The first-order valence-corrected chi connectivity index (χ1v) is 6.07. The first-order chi connectivity index (χ1) is 8.86. The van der Waals surface area contributed by atoms with E-state index >= 15 is 0 Å². The number of hydrogen-bond acceptors (Lipinski definition) is 4. The van der Waals surface area contributed by atoms with Crippen LogP contribution in [0.4, 0.5) is 22.7 Å². The fraction of sp³-hybridized carbons (Fsp3) is 0.273. The molecule has 0 bridgehead atoms. The molecule has 2 rings (SSSR count). The molecule has 0 aliphatic rings. The highest BCUT2D eigenvalue weighted by atomic mass is 32.1.